The topological polar surface area (TPSA) is 208 Å². The first-order valence-electron chi connectivity index (χ1n) is 4.93. The van der Waals surface area contributed by atoms with Gasteiger partial charge >= 0.3 is 24.0 Å². The number of carboxylic acids is 2. The number of nitrogens with one attached hydrogen (secondary N) is 3. The van der Waals surface area contributed by atoms with E-state index < -0.39 is 48.6 Å². The van der Waals surface area contributed by atoms with Crippen molar-refractivity contribution in [2.45, 2.75) is 18.7 Å². The average Bonchev–Trinajstić information content (AvgIpc) is 2.56. The number of hydrogen-bond acceptors (Lipinski definition) is 6. The van der Waals surface area contributed by atoms with Gasteiger partial charge in [0.05, 0.1) is 6.42 Å². The van der Waals surface area contributed by atoms with Crippen LogP contribution in [-0.4, -0.2) is 57.5 Å². The monoisotopic (exact) mass is 292 g/mol. The number of aliphatic carboxylic acids is 2. The van der Waals surface area contributed by atoms with Crippen molar-refractivity contribution < 1.29 is 39.3 Å². The average molecular weight is 292 g/mol. The van der Waals surface area contributed by atoms with E-state index in [9.17, 15) is 24.0 Å². The summed E-state index contributed by atoms with van der Waals surface area (Å²) in [6, 6.07) is -1.51. The summed E-state index contributed by atoms with van der Waals surface area (Å²) in [5, 5.41) is 30.2. The molecule has 1 aliphatic rings. The Morgan fingerprint density at radius 2 is 1.85 bits per heavy atom. The Bertz CT molecular complexity index is 436. The Morgan fingerprint density at radius 3 is 2.10 bits per heavy atom. The number of rotatable bonds is 4. The normalized spacial score (nSPS) is 17.9. The van der Waals surface area contributed by atoms with E-state index in [-0.39, 0.29) is 0 Å². The van der Waals surface area contributed by atoms with Crippen LogP contribution in [0.25, 0.3) is 0 Å². The summed E-state index contributed by atoms with van der Waals surface area (Å²) in [5.41, 5.74) is 4.70. The van der Waals surface area contributed by atoms with E-state index in [2.05, 4.69) is 5.32 Å². The molecule has 0 aromatic carbocycles. The second-order valence-corrected chi connectivity index (χ2v) is 3.36. The lowest BCUT2D eigenvalue weighted by molar-refractivity contribution is -0.152. The van der Waals surface area contributed by atoms with Gasteiger partial charge in [0.2, 0.25) is 0 Å². The van der Waals surface area contributed by atoms with E-state index in [1.807, 2.05) is 10.6 Å². The highest BCUT2D eigenvalue weighted by Gasteiger charge is 2.29. The third kappa shape index (κ3) is 6.75. The van der Waals surface area contributed by atoms with Gasteiger partial charge in [0.1, 0.15) is 0 Å². The van der Waals surface area contributed by atoms with Gasteiger partial charge in [0, 0.05) is 0 Å². The molecule has 12 nitrogen and oxygen atoms in total. The minimum atomic E-state index is -1.79. The molecule has 0 aromatic heterocycles. The van der Waals surface area contributed by atoms with Crippen molar-refractivity contribution in [1.82, 2.24) is 16.0 Å². The molecule has 1 fully saturated rings. The van der Waals surface area contributed by atoms with E-state index >= 15 is 0 Å². The van der Waals surface area contributed by atoms with Crippen molar-refractivity contribution in [2.75, 3.05) is 0 Å². The van der Waals surface area contributed by atoms with Gasteiger partial charge in [-0.05, 0) is 0 Å². The predicted molar refractivity (Wildman–Crippen MR) is 59.1 cm³/mol. The largest absolute Gasteiger partial charge is 0.481 e. The van der Waals surface area contributed by atoms with Crippen LogP contribution in [0.3, 0.4) is 0 Å². The molecule has 20 heavy (non-hydrogen) atoms. The first-order chi connectivity index (χ1) is 9.13. The van der Waals surface area contributed by atoms with E-state index in [4.69, 9.17) is 21.1 Å². The Balaban J connectivity index is 0.000000370. The number of hydrogen-bond donors (Lipinski definition) is 7. The number of amides is 5. The quantitative estimate of drug-likeness (QED) is 0.261. The van der Waals surface area contributed by atoms with Crippen LogP contribution in [0.1, 0.15) is 6.42 Å². The maximum absolute atomic E-state index is 10.7. The zero-order chi connectivity index (χ0) is 15.9. The fourth-order valence-electron chi connectivity index (χ4n) is 0.913. The summed E-state index contributed by atoms with van der Waals surface area (Å²) in [6.07, 6.45) is -3.59. The number of primary amides is 1. The van der Waals surface area contributed by atoms with E-state index in [1.165, 1.54) is 0 Å². The van der Waals surface area contributed by atoms with Crippen LogP contribution in [0.15, 0.2) is 0 Å². The Labute approximate surface area is 110 Å². The SMILES string of the molecule is NC(=O)NC1NC(=O)NC1=O.O=C(O)CC(O)C(=O)O. The summed E-state index contributed by atoms with van der Waals surface area (Å²) < 4.78 is 0. The van der Waals surface area contributed by atoms with Crippen molar-refractivity contribution in [1.29, 1.82) is 0 Å². The van der Waals surface area contributed by atoms with Crippen LogP contribution in [0.4, 0.5) is 9.59 Å². The number of aliphatic hydroxyl groups is 1. The summed E-state index contributed by atoms with van der Waals surface area (Å²) in [5.74, 6) is -3.46. The Hall–Kier alpha value is -2.89. The number of imide groups is 1. The van der Waals surface area contributed by atoms with Crippen molar-refractivity contribution in [2.24, 2.45) is 5.73 Å². The number of carbonyl (C=O) groups excluding carboxylic acids is 3. The van der Waals surface area contributed by atoms with Gasteiger partial charge in [0.25, 0.3) is 5.91 Å². The van der Waals surface area contributed by atoms with Crippen LogP contribution in [0.5, 0.6) is 0 Å². The van der Waals surface area contributed by atoms with Crippen LogP contribution in [-0.2, 0) is 14.4 Å². The standard InChI is InChI=1S/C4H6N4O3.C4H6O5/c5-3(10)6-1-2(9)8-4(11)7-1;5-2(4(8)9)1-3(6)7/h1H,(H3,5,6,10)(H2,7,8,9,11);2,5H,1H2,(H,6,7)(H,8,9). The molecule has 5 amide bonds. The molecule has 1 saturated heterocycles. The fraction of sp³-hybridized carbons (Fsp3) is 0.375. The molecule has 1 rings (SSSR count). The number of nitrogens with two attached hydrogens (primary N) is 1. The number of aliphatic hydroxyl groups excluding tert-OH is 1. The summed E-state index contributed by atoms with van der Waals surface area (Å²) in [7, 11) is 0. The first-order valence-corrected chi connectivity index (χ1v) is 4.93. The second-order valence-electron chi connectivity index (χ2n) is 3.36. The lowest BCUT2D eigenvalue weighted by Crippen LogP contribution is -2.48. The lowest BCUT2D eigenvalue weighted by atomic mass is 10.3. The Kier molecular flexibility index (Phi) is 6.44. The third-order valence-electron chi connectivity index (χ3n) is 1.71. The van der Waals surface area contributed by atoms with E-state index in [0.29, 0.717) is 0 Å². The third-order valence-corrected chi connectivity index (χ3v) is 1.71. The Morgan fingerprint density at radius 1 is 1.30 bits per heavy atom. The minimum absolute atomic E-state index is 0.617. The fourth-order valence-corrected chi connectivity index (χ4v) is 0.913. The van der Waals surface area contributed by atoms with Gasteiger partial charge in [0.15, 0.2) is 12.3 Å². The molecule has 0 aromatic rings. The zero-order valence-corrected chi connectivity index (χ0v) is 9.82. The highest BCUT2D eigenvalue weighted by Crippen LogP contribution is 1.89. The molecule has 0 bridgehead atoms. The predicted octanol–water partition coefficient (Wildman–Crippen LogP) is -3.27. The number of carboxylic acid groups (broad SMARTS) is 2. The molecule has 2 unspecified atom stereocenters. The van der Waals surface area contributed by atoms with E-state index in [0.717, 1.165) is 0 Å². The molecule has 1 heterocycles. The summed E-state index contributed by atoms with van der Waals surface area (Å²) >= 11 is 0. The van der Waals surface area contributed by atoms with Crippen molar-refractivity contribution in [3.63, 3.8) is 0 Å². The van der Waals surface area contributed by atoms with Gasteiger partial charge < -0.3 is 31.7 Å². The smallest absolute Gasteiger partial charge is 0.333 e. The second kappa shape index (κ2) is 7.52. The zero-order valence-electron chi connectivity index (χ0n) is 9.82. The maximum atomic E-state index is 10.7. The molecular weight excluding hydrogens is 280 g/mol. The molecule has 0 saturated carbocycles. The van der Waals surface area contributed by atoms with Gasteiger partial charge in [-0.25, -0.2) is 14.4 Å². The first kappa shape index (κ1) is 17.1. The van der Waals surface area contributed by atoms with Gasteiger partial charge in [-0.2, -0.15) is 0 Å². The van der Waals surface area contributed by atoms with Crippen LogP contribution in [0.2, 0.25) is 0 Å². The van der Waals surface area contributed by atoms with Gasteiger partial charge in [-0.15, -0.1) is 0 Å². The maximum Gasteiger partial charge on any atom is 0.333 e. The van der Waals surface area contributed by atoms with Crippen molar-refractivity contribution in [3.05, 3.63) is 0 Å². The number of carbonyl (C=O) groups is 5. The van der Waals surface area contributed by atoms with Crippen LogP contribution in [0, 0.1) is 0 Å². The lowest BCUT2D eigenvalue weighted by Gasteiger charge is -2.05. The van der Waals surface area contributed by atoms with Crippen molar-refractivity contribution in [3.8, 4) is 0 Å². The van der Waals surface area contributed by atoms with Gasteiger partial charge in [-0.1, -0.05) is 0 Å². The number of urea groups is 2. The van der Waals surface area contributed by atoms with Crippen LogP contribution >= 0.6 is 0 Å². The molecule has 12 heteroatoms. The van der Waals surface area contributed by atoms with E-state index in [1.54, 1.807) is 0 Å². The molecule has 8 N–H and O–H groups in total. The summed E-state index contributed by atoms with van der Waals surface area (Å²) in [6.45, 7) is 0. The molecule has 0 spiro atoms. The van der Waals surface area contributed by atoms with Crippen LogP contribution < -0.4 is 21.7 Å². The molecular formula is C8H12N4O8. The molecule has 0 aliphatic carbocycles. The highest BCUT2D eigenvalue weighted by molar-refractivity contribution is 6.05. The molecule has 0 radical (unpaired) electrons. The molecule has 1 aliphatic heterocycles. The molecule has 2 atom stereocenters. The highest BCUT2D eigenvalue weighted by atomic mass is 16.4. The van der Waals surface area contributed by atoms with Crippen molar-refractivity contribution >= 4 is 29.9 Å². The molecule has 112 valence electrons. The summed E-state index contributed by atoms with van der Waals surface area (Å²) in [4.78, 5) is 50.7. The minimum Gasteiger partial charge on any atom is -0.481 e. The van der Waals surface area contributed by atoms with Gasteiger partial charge in [-0.3, -0.25) is 14.9 Å².